The van der Waals surface area contributed by atoms with Crippen LogP contribution in [0.4, 0.5) is 0 Å². The Morgan fingerprint density at radius 2 is 2.11 bits per heavy atom. The van der Waals surface area contributed by atoms with Gasteiger partial charge in [-0.25, -0.2) is 9.67 Å². The fourth-order valence-corrected chi connectivity index (χ4v) is 3.67. The zero-order chi connectivity index (χ0) is 19.5. The van der Waals surface area contributed by atoms with E-state index in [1.165, 1.54) is 6.92 Å². The summed E-state index contributed by atoms with van der Waals surface area (Å²) in [6.07, 6.45) is 5.87. The van der Waals surface area contributed by atoms with Crippen molar-refractivity contribution in [2.75, 3.05) is 19.6 Å². The lowest BCUT2D eigenvalue weighted by Gasteiger charge is -2.16. The van der Waals surface area contributed by atoms with Crippen molar-refractivity contribution < 1.29 is 9.59 Å². The lowest BCUT2D eigenvalue weighted by atomic mass is 10.0. The number of likely N-dealkylation sites (tertiary alicyclic amines) is 1. The summed E-state index contributed by atoms with van der Waals surface area (Å²) >= 11 is 0. The summed E-state index contributed by atoms with van der Waals surface area (Å²) in [5.74, 6) is 0.0995. The third-order valence-electron chi connectivity index (χ3n) is 5.00. The van der Waals surface area contributed by atoms with Crippen molar-refractivity contribution in [1.82, 2.24) is 30.0 Å². The van der Waals surface area contributed by atoms with E-state index in [9.17, 15) is 9.59 Å². The van der Waals surface area contributed by atoms with E-state index < -0.39 is 0 Å². The van der Waals surface area contributed by atoms with Gasteiger partial charge < -0.3 is 10.2 Å². The molecule has 1 fully saturated rings. The Hall–Kier alpha value is -3.29. The number of pyridine rings is 2. The van der Waals surface area contributed by atoms with Gasteiger partial charge in [0, 0.05) is 56.5 Å². The first-order chi connectivity index (χ1) is 13.6. The lowest BCUT2D eigenvalue weighted by molar-refractivity contribution is -0.118. The molecule has 1 N–H and O–H groups in total. The number of hydrogen-bond acceptors (Lipinski definition) is 5. The summed E-state index contributed by atoms with van der Waals surface area (Å²) in [5.41, 5.74) is 2.38. The van der Waals surface area contributed by atoms with Gasteiger partial charge in [0.15, 0.2) is 5.65 Å². The van der Waals surface area contributed by atoms with Crippen molar-refractivity contribution >= 4 is 22.8 Å². The lowest BCUT2D eigenvalue weighted by Crippen LogP contribution is -2.28. The summed E-state index contributed by atoms with van der Waals surface area (Å²) < 4.78 is 1.84. The van der Waals surface area contributed by atoms with Crippen LogP contribution >= 0.6 is 0 Å². The van der Waals surface area contributed by atoms with Crippen LogP contribution in [-0.2, 0) is 11.3 Å². The number of aromatic nitrogens is 4. The smallest absolute Gasteiger partial charge is 0.255 e. The number of nitrogens with zero attached hydrogens (tertiary/aromatic N) is 5. The second-order valence-electron chi connectivity index (χ2n) is 6.94. The highest BCUT2D eigenvalue weighted by Gasteiger charge is 2.31. The monoisotopic (exact) mass is 378 g/mol. The van der Waals surface area contributed by atoms with Crippen LogP contribution in [0, 0.1) is 0 Å². The van der Waals surface area contributed by atoms with Gasteiger partial charge in [-0.2, -0.15) is 5.10 Å². The molecule has 0 radical (unpaired) electrons. The van der Waals surface area contributed by atoms with E-state index in [-0.39, 0.29) is 17.7 Å². The summed E-state index contributed by atoms with van der Waals surface area (Å²) in [6, 6.07) is 7.49. The van der Waals surface area contributed by atoms with E-state index >= 15 is 0 Å². The molecule has 0 unspecified atom stereocenters. The van der Waals surface area contributed by atoms with Crippen molar-refractivity contribution in [3.05, 3.63) is 54.1 Å². The Balaban J connectivity index is 1.54. The summed E-state index contributed by atoms with van der Waals surface area (Å²) in [5, 5.41) is 8.58. The molecule has 4 rings (SSSR count). The average molecular weight is 378 g/mol. The van der Waals surface area contributed by atoms with E-state index in [0.29, 0.717) is 31.7 Å². The van der Waals surface area contributed by atoms with Gasteiger partial charge in [0.25, 0.3) is 5.91 Å². The zero-order valence-corrected chi connectivity index (χ0v) is 15.7. The van der Waals surface area contributed by atoms with Crippen LogP contribution in [0.1, 0.15) is 35.3 Å². The first-order valence-corrected chi connectivity index (χ1v) is 9.38. The number of carbonyl (C=O) groups excluding carboxylic acids is 2. The Labute approximate surface area is 162 Å². The minimum absolute atomic E-state index is 0.00289. The molecule has 0 bridgehead atoms. The van der Waals surface area contributed by atoms with E-state index in [2.05, 4.69) is 15.3 Å². The molecule has 144 valence electrons. The van der Waals surface area contributed by atoms with Crippen molar-refractivity contribution in [3.8, 4) is 0 Å². The average Bonchev–Trinajstić information content (AvgIpc) is 3.33. The van der Waals surface area contributed by atoms with Gasteiger partial charge >= 0.3 is 0 Å². The maximum atomic E-state index is 12.7. The van der Waals surface area contributed by atoms with Gasteiger partial charge in [0.1, 0.15) is 0 Å². The number of amides is 2. The van der Waals surface area contributed by atoms with Gasteiger partial charge in [0.05, 0.1) is 17.8 Å². The Kier molecular flexibility index (Phi) is 5.01. The molecule has 0 saturated carbocycles. The van der Waals surface area contributed by atoms with Crippen LogP contribution in [-0.4, -0.2) is 56.1 Å². The van der Waals surface area contributed by atoms with Crippen molar-refractivity contribution in [3.63, 3.8) is 0 Å². The molecular formula is C20H22N6O2. The number of fused-ring (bicyclic) bond motifs is 1. The fourth-order valence-electron chi connectivity index (χ4n) is 3.67. The molecule has 1 aliphatic rings. The molecule has 1 saturated heterocycles. The first kappa shape index (κ1) is 18.1. The SMILES string of the molecule is CC(=O)NCCn1nc([C@H]2CCN(C(=O)c3cccnc3)C2)c2cccnc21. The highest BCUT2D eigenvalue weighted by Crippen LogP contribution is 2.31. The highest BCUT2D eigenvalue weighted by molar-refractivity contribution is 5.94. The van der Waals surface area contributed by atoms with Crippen molar-refractivity contribution in [2.24, 2.45) is 0 Å². The summed E-state index contributed by atoms with van der Waals surface area (Å²) in [6.45, 7) is 3.87. The number of hydrogen-bond donors (Lipinski definition) is 1. The maximum Gasteiger partial charge on any atom is 0.255 e. The third kappa shape index (κ3) is 3.58. The molecule has 0 aliphatic carbocycles. The van der Waals surface area contributed by atoms with E-state index in [1.807, 2.05) is 21.7 Å². The molecule has 0 aromatic carbocycles. The van der Waals surface area contributed by atoms with Gasteiger partial charge in [-0.1, -0.05) is 0 Å². The molecule has 1 atom stereocenters. The van der Waals surface area contributed by atoms with Gasteiger partial charge in [0.2, 0.25) is 5.91 Å². The third-order valence-corrected chi connectivity index (χ3v) is 5.00. The zero-order valence-electron chi connectivity index (χ0n) is 15.7. The van der Waals surface area contributed by atoms with E-state index in [0.717, 1.165) is 23.1 Å². The normalized spacial score (nSPS) is 16.5. The quantitative estimate of drug-likeness (QED) is 0.728. The van der Waals surface area contributed by atoms with Crippen molar-refractivity contribution in [1.29, 1.82) is 0 Å². The topological polar surface area (TPSA) is 93.0 Å². The molecule has 8 heteroatoms. The fraction of sp³-hybridized carbons (Fsp3) is 0.350. The Morgan fingerprint density at radius 1 is 1.25 bits per heavy atom. The molecule has 2 amide bonds. The van der Waals surface area contributed by atoms with Crippen LogP contribution in [0.25, 0.3) is 11.0 Å². The van der Waals surface area contributed by atoms with Crippen LogP contribution in [0.3, 0.4) is 0 Å². The van der Waals surface area contributed by atoms with E-state index in [4.69, 9.17) is 5.10 Å². The van der Waals surface area contributed by atoms with Gasteiger partial charge in [-0.15, -0.1) is 0 Å². The maximum absolute atomic E-state index is 12.7. The predicted octanol–water partition coefficient (Wildman–Crippen LogP) is 1.59. The number of rotatable bonds is 5. The predicted molar refractivity (Wildman–Crippen MR) is 104 cm³/mol. The molecule has 4 heterocycles. The van der Waals surface area contributed by atoms with Gasteiger partial charge in [-0.05, 0) is 30.7 Å². The minimum atomic E-state index is -0.0648. The van der Waals surface area contributed by atoms with Gasteiger partial charge in [-0.3, -0.25) is 14.6 Å². The van der Waals surface area contributed by atoms with Crippen LogP contribution < -0.4 is 5.32 Å². The van der Waals surface area contributed by atoms with Crippen LogP contribution in [0.15, 0.2) is 42.9 Å². The number of nitrogens with one attached hydrogen (secondary N) is 1. The Bertz CT molecular complexity index is 1000. The Morgan fingerprint density at radius 3 is 2.89 bits per heavy atom. The largest absolute Gasteiger partial charge is 0.354 e. The molecule has 28 heavy (non-hydrogen) atoms. The standard InChI is InChI=1S/C20H22N6O2/c1-14(27)22-9-11-26-19-17(5-3-8-23-19)18(24-26)16-6-10-25(13-16)20(28)15-4-2-7-21-12-15/h2-5,7-8,12,16H,6,9-11,13H2,1H3,(H,22,27)/t16-/m0/s1. The molecular weight excluding hydrogens is 356 g/mol. The molecule has 3 aromatic rings. The molecule has 3 aromatic heterocycles. The summed E-state index contributed by atoms with van der Waals surface area (Å²) in [4.78, 5) is 34.2. The van der Waals surface area contributed by atoms with E-state index in [1.54, 1.807) is 30.7 Å². The highest BCUT2D eigenvalue weighted by atomic mass is 16.2. The first-order valence-electron chi connectivity index (χ1n) is 9.38. The number of carbonyl (C=O) groups is 2. The van der Waals surface area contributed by atoms with Crippen molar-refractivity contribution in [2.45, 2.75) is 25.8 Å². The summed E-state index contributed by atoms with van der Waals surface area (Å²) in [7, 11) is 0. The molecule has 1 aliphatic heterocycles. The van der Waals surface area contributed by atoms with Crippen LogP contribution in [0.5, 0.6) is 0 Å². The molecule has 8 nitrogen and oxygen atoms in total. The second-order valence-corrected chi connectivity index (χ2v) is 6.94. The second kappa shape index (κ2) is 7.75. The molecule has 0 spiro atoms. The minimum Gasteiger partial charge on any atom is -0.354 e. The van der Waals surface area contributed by atoms with Crippen LogP contribution in [0.2, 0.25) is 0 Å².